The number of anilines is 1. The third-order valence-electron chi connectivity index (χ3n) is 2.05. The van der Waals surface area contributed by atoms with Crippen molar-refractivity contribution in [3.63, 3.8) is 0 Å². The van der Waals surface area contributed by atoms with Crippen molar-refractivity contribution in [1.82, 2.24) is 10.2 Å². The molecule has 0 fully saturated rings. The molecule has 0 unspecified atom stereocenters. The van der Waals surface area contributed by atoms with Gasteiger partial charge in [-0.15, -0.1) is 10.2 Å². The number of hydrogen-bond donors (Lipinski definition) is 1. The number of aromatic nitrogens is 2. The first-order chi connectivity index (χ1) is 9.10. The SMILES string of the molecule is CCNc1nnc(Sc2ccc(F)cc2[N+](=O)[O-])s1. The Balaban J connectivity index is 2.24. The van der Waals surface area contributed by atoms with E-state index in [1.807, 2.05) is 6.92 Å². The summed E-state index contributed by atoms with van der Waals surface area (Å²) in [5.74, 6) is -0.637. The zero-order valence-electron chi connectivity index (χ0n) is 9.79. The normalized spacial score (nSPS) is 10.4. The Labute approximate surface area is 116 Å². The largest absolute Gasteiger partial charge is 0.360 e. The van der Waals surface area contributed by atoms with Gasteiger partial charge < -0.3 is 5.32 Å². The average Bonchev–Trinajstić information content (AvgIpc) is 2.79. The highest BCUT2D eigenvalue weighted by molar-refractivity contribution is 8.01. The van der Waals surface area contributed by atoms with E-state index in [0.717, 1.165) is 24.4 Å². The second kappa shape index (κ2) is 5.93. The first-order valence-electron chi connectivity index (χ1n) is 5.29. The molecule has 0 aliphatic heterocycles. The molecular formula is C10H9FN4O2S2. The molecule has 0 aliphatic rings. The van der Waals surface area contributed by atoms with Crippen molar-refractivity contribution in [3.8, 4) is 0 Å². The molecule has 0 spiro atoms. The van der Waals surface area contributed by atoms with Crippen LogP contribution in [-0.4, -0.2) is 21.7 Å². The Hall–Kier alpha value is -1.74. The lowest BCUT2D eigenvalue weighted by atomic mass is 10.3. The van der Waals surface area contributed by atoms with Gasteiger partial charge in [-0.25, -0.2) is 4.39 Å². The number of rotatable bonds is 5. The molecule has 9 heteroatoms. The molecule has 100 valence electrons. The van der Waals surface area contributed by atoms with Gasteiger partial charge in [0.25, 0.3) is 5.69 Å². The second-order valence-electron chi connectivity index (χ2n) is 3.37. The summed E-state index contributed by atoms with van der Waals surface area (Å²) in [5, 5.41) is 22.3. The van der Waals surface area contributed by atoms with Gasteiger partial charge in [0, 0.05) is 6.54 Å². The van der Waals surface area contributed by atoms with E-state index in [1.165, 1.54) is 23.5 Å². The number of nitrogens with one attached hydrogen (secondary N) is 1. The summed E-state index contributed by atoms with van der Waals surface area (Å²) in [7, 11) is 0. The summed E-state index contributed by atoms with van der Waals surface area (Å²) >= 11 is 2.38. The summed E-state index contributed by atoms with van der Waals surface area (Å²) < 4.78 is 13.6. The average molecular weight is 300 g/mol. The summed E-state index contributed by atoms with van der Waals surface area (Å²) in [5.41, 5.74) is -0.273. The Bertz CT molecular complexity index is 605. The van der Waals surface area contributed by atoms with Crippen LogP contribution < -0.4 is 5.32 Å². The van der Waals surface area contributed by atoms with Gasteiger partial charge in [0.05, 0.1) is 15.9 Å². The number of benzene rings is 1. The van der Waals surface area contributed by atoms with Crippen LogP contribution in [0.1, 0.15) is 6.92 Å². The molecule has 0 radical (unpaired) electrons. The van der Waals surface area contributed by atoms with Gasteiger partial charge in [-0.3, -0.25) is 10.1 Å². The lowest BCUT2D eigenvalue weighted by Gasteiger charge is -1.99. The second-order valence-corrected chi connectivity index (χ2v) is 5.64. The fourth-order valence-electron chi connectivity index (χ4n) is 1.29. The minimum absolute atomic E-state index is 0.273. The number of nitro benzene ring substituents is 1. The smallest absolute Gasteiger partial charge is 0.286 e. The van der Waals surface area contributed by atoms with Crippen molar-refractivity contribution in [2.45, 2.75) is 16.2 Å². The molecule has 0 saturated heterocycles. The highest BCUT2D eigenvalue weighted by atomic mass is 32.2. The van der Waals surface area contributed by atoms with Crippen LogP contribution in [0.3, 0.4) is 0 Å². The maximum absolute atomic E-state index is 13.0. The molecule has 6 nitrogen and oxygen atoms in total. The van der Waals surface area contributed by atoms with Gasteiger partial charge in [-0.05, 0) is 30.8 Å². The lowest BCUT2D eigenvalue weighted by molar-refractivity contribution is -0.387. The standard InChI is InChI=1S/C10H9FN4O2S2/c1-2-12-9-13-14-10(19-9)18-8-4-3-6(11)5-7(8)15(16)17/h3-5H,2H2,1H3,(H,12,13). The third-order valence-corrected chi connectivity index (χ3v) is 4.05. The molecule has 0 bridgehead atoms. The van der Waals surface area contributed by atoms with E-state index in [1.54, 1.807) is 0 Å². The zero-order chi connectivity index (χ0) is 13.8. The van der Waals surface area contributed by atoms with E-state index >= 15 is 0 Å². The van der Waals surface area contributed by atoms with Crippen LogP contribution in [0.4, 0.5) is 15.2 Å². The van der Waals surface area contributed by atoms with Gasteiger partial charge in [-0.2, -0.15) is 0 Å². The van der Waals surface area contributed by atoms with Crippen LogP contribution in [-0.2, 0) is 0 Å². The van der Waals surface area contributed by atoms with Crippen LogP contribution in [0.2, 0.25) is 0 Å². The molecule has 0 amide bonds. The fraction of sp³-hybridized carbons (Fsp3) is 0.200. The first-order valence-corrected chi connectivity index (χ1v) is 6.92. The van der Waals surface area contributed by atoms with Crippen molar-refractivity contribution in [1.29, 1.82) is 0 Å². The molecule has 2 aromatic rings. The van der Waals surface area contributed by atoms with E-state index < -0.39 is 10.7 Å². The fourth-order valence-corrected chi connectivity index (χ4v) is 3.15. The molecule has 2 rings (SSSR count). The topological polar surface area (TPSA) is 81.0 Å². The molecule has 0 aliphatic carbocycles. The van der Waals surface area contributed by atoms with Crippen molar-refractivity contribution < 1.29 is 9.31 Å². The Kier molecular flexibility index (Phi) is 4.27. The van der Waals surface area contributed by atoms with E-state index in [2.05, 4.69) is 15.5 Å². The van der Waals surface area contributed by atoms with Gasteiger partial charge in [0.1, 0.15) is 5.82 Å². The predicted molar refractivity (Wildman–Crippen MR) is 71.3 cm³/mol. The monoisotopic (exact) mass is 300 g/mol. The summed E-state index contributed by atoms with van der Waals surface area (Å²) in [4.78, 5) is 10.6. The summed E-state index contributed by atoms with van der Waals surface area (Å²) in [6, 6.07) is 3.45. The number of nitrogens with zero attached hydrogens (tertiary/aromatic N) is 3. The number of halogens is 1. The molecule has 1 heterocycles. The van der Waals surface area contributed by atoms with Crippen LogP contribution in [0, 0.1) is 15.9 Å². The minimum atomic E-state index is -0.637. The van der Waals surface area contributed by atoms with Gasteiger partial charge >= 0.3 is 0 Å². The highest BCUT2D eigenvalue weighted by Crippen LogP contribution is 2.37. The van der Waals surface area contributed by atoms with E-state index in [-0.39, 0.29) is 5.69 Å². The summed E-state index contributed by atoms with van der Waals surface area (Å²) in [6.45, 7) is 2.65. The molecular weight excluding hydrogens is 291 g/mol. The molecule has 0 saturated carbocycles. The van der Waals surface area contributed by atoms with Crippen molar-refractivity contribution in [3.05, 3.63) is 34.1 Å². The van der Waals surface area contributed by atoms with E-state index in [4.69, 9.17) is 0 Å². The van der Waals surface area contributed by atoms with Crippen LogP contribution in [0.5, 0.6) is 0 Å². The maximum Gasteiger partial charge on any atom is 0.286 e. The number of nitro groups is 1. The van der Waals surface area contributed by atoms with Crippen molar-refractivity contribution in [2.75, 3.05) is 11.9 Å². The number of hydrogen-bond acceptors (Lipinski definition) is 7. The lowest BCUT2D eigenvalue weighted by Crippen LogP contribution is -1.94. The molecule has 1 aromatic carbocycles. The van der Waals surface area contributed by atoms with Crippen LogP contribution >= 0.6 is 23.1 Å². The molecule has 1 aromatic heterocycles. The molecule has 19 heavy (non-hydrogen) atoms. The van der Waals surface area contributed by atoms with Crippen molar-refractivity contribution >= 4 is 33.9 Å². The minimum Gasteiger partial charge on any atom is -0.360 e. The molecule has 1 N–H and O–H groups in total. The van der Waals surface area contributed by atoms with E-state index in [9.17, 15) is 14.5 Å². The van der Waals surface area contributed by atoms with Gasteiger partial charge in [0.2, 0.25) is 5.13 Å². The Morgan fingerprint density at radius 2 is 2.32 bits per heavy atom. The third kappa shape index (κ3) is 3.38. The van der Waals surface area contributed by atoms with Gasteiger partial charge in [-0.1, -0.05) is 11.3 Å². The van der Waals surface area contributed by atoms with Gasteiger partial charge in [0.15, 0.2) is 4.34 Å². The Morgan fingerprint density at radius 3 is 3.00 bits per heavy atom. The van der Waals surface area contributed by atoms with Crippen molar-refractivity contribution in [2.24, 2.45) is 0 Å². The highest BCUT2D eigenvalue weighted by Gasteiger charge is 2.17. The maximum atomic E-state index is 13.0. The van der Waals surface area contributed by atoms with Crippen LogP contribution in [0.15, 0.2) is 27.4 Å². The van der Waals surface area contributed by atoms with E-state index in [0.29, 0.717) is 14.4 Å². The zero-order valence-corrected chi connectivity index (χ0v) is 11.4. The van der Waals surface area contributed by atoms with Crippen LogP contribution in [0.25, 0.3) is 0 Å². The first kappa shape index (κ1) is 13.7. The quantitative estimate of drug-likeness (QED) is 0.674. The molecule has 0 atom stereocenters. The summed E-state index contributed by atoms with van der Waals surface area (Å²) in [6.07, 6.45) is 0. The predicted octanol–water partition coefficient (Wildman–Crippen LogP) is 3.17. The Morgan fingerprint density at radius 1 is 1.53 bits per heavy atom.